The summed E-state index contributed by atoms with van der Waals surface area (Å²) in [4.78, 5) is 16.3. The van der Waals surface area contributed by atoms with Gasteiger partial charge < -0.3 is 10.2 Å². The van der Waals surface area contributed by atoms with Crippen LogP contribution in [-0.2, 0) is 4.79 Å². The summed E-state index contributed by atoms with van der Waals surface area (Å²) in [5.74, 6) is 0.687. The monoisotopic (exact) mass is 404 g/mol. The third-order valence-electron chi connectivity index (χ3n) is 5.76. The van der Waals surface area contributed by atoms with E-state index in [0.29, 0.717) is 12.0 Å². The minimum Gasteiger partial charge on any atom is -0.356 e. The zero-order chi connectivity index (χ0) is 20.1. The van der Waals surface area contributed by atoms with Crippen LogP contribution < -0.4 is 5.32 Å². The second-order valence-electron chi connectivity index (χ2n) is 7.82. The summed E-state index contributed by atoms with van der Waals surface area (Å²) in [6.07, 6.45) is 10.8. The number of thioether (sulfide) groups is 1. The van der Waals surface area contributed by atoms with Gasteiger partial charge in [0, 0.05) is 11.7 Å². The third kappa shape index (κ3) is 4.76. The van der Waals surface area contributed by atoms with Crippen LogP contribution >= 0.6 is 11.8 Å². The molecule has 0 bridgehead atoms. The van der Waals surface area contributed by atoms with Gasteiger partial charge in [0.05, 0.1) is 4.91 Å². The van der Waals surface area contributed by atoms with Crippen LogP contribution in [0.3, 0.4) is 0 Å². The number of nitrogens with one attached hydrogen (secondary N) is 1. The molecule has 1 N–H and O–H groups in total. The van der Waals surface area contributed by atoms with Crippen molar-refractivity contribution in [1.29, 1.82) is 0 Å². The lowest BCUT2D eigenvalue weighted by Crippen LogP contribution is -2.48. The third-order valence-corrected chi connectivity index (χ3v) is 6.89. The molecule has 1 aliphatic carbocycles. The van der Waals surface area contributed by atoms with Crippen LogP contribution in [0, 0.1) is 5.92 Å². The first kappa shape index (κ1) is 19.8. The van der Waals surface area contributed by atoms with E-state index in [0.717, 1.165) is 22.6 Å². The largest absolute Gasteiger partial charge is 0.356 e. The zero-order valence-corrected chi connectivity index (χ0v) is 17.6. The first-order valence-corrected chi connectivity index (χ1v) is 11.3. The van der Waals surface area contributed by atoms with E-state index in [4.69, 9.17) is 0 Å². The quantitative estimate of drug-likeness (QED) is 0.608. The van der Waals surface area contributed by atoms with E-state index in [1.807, 2.05) is 54.6 Å². The van der Waals surface area contributed by atoms with E-state index in [9.17, 15) is 4.79 Å². The Morgan fingerprint density at radius 2 is 1.69 bits per heavy atom. The standard InChI is InChI=1S/C25H28N2OS/c1-19-11-8-9-17-22(19)27-24(28)23(18-10-14-20-12-4-2-5-13-20)29-25(27)26-21-15-6-3-7-16-21/h2-7,10,12-16,18-19,22,25-26H,8-9,11,17H2,1H3/b14-10+,23-18-/t19-,22+,25?/m0/s1. The molecule has 1 aliphatic heterocycles. The lowest BCUT2D eigenvalue weighted by Gasteiger charge is -2.39. The van der Waals surface area contributed by atoms with Crippen molar-refractivity contribution in [1.82, 2.24) is 4.90 Å². The van der Waals surface area contributed by atoms with Crippen molar-refractivity contribution in [2.45, 2.75) is 44.1 Å². The molecule has 4 rings (SSSR count). The Morgan fingerprint density at radius 1 is 1.00 bits per heavy atom. The number of carbonyl (C=O) groups is 1. The SMILES string of the molecule is C[C@H]1CCCC[C@H]1N1C(=O)/C(=C/C=C/c2ccccc2)SC1Nc1ccccc1. The molecule has 2 aromatic carbocycles. The van der Waals surface area contributed by atoms with Crippen LogP contribution in [0.2, 0.25) is 0 Å². The summed E-state index contributed by atoms with van der Waals surface area (Å²) < 4.78 is 0. The minimum absolute atomic E-state index is 0.0631. The van der Waals surface area contributed by atoms with Crippen molar-refractivity contribution in [3.63, 3.8) is 0 Å². The Morgan fingerprint density at radius 3 is 2.41 bits per heavy atom. The number of carbonyl (C=O) groups excluding carboxylic acids is 1. The minimum atomic E-state index is -0.0631. The number of amides is 1. The van der Waals surface area contributed by atoms with Crippen LogP contribution in [0.4, 0.5) is 5.69 Å². The van der Waals surface area contributed by atoms with Crippen molar-refractivity contribution < 1.29 is 4.79 Å². The van der Waals surface area contributed by atoms with Crippen molar-refractivity contribution >= 4 is 29.4 Å². The lowest BCUT2D eigenvalue weighted by molar-refractivity contribution is -0.129. The summed E-state index contributed by atoms with van der Waals surface area (Å²) in [6, 6.07) is 20.7. The molecule has 0 radical (unpaired) electrons. The van der Waals surface area contributed by atoms with Gasteiger partial charge in [0.1, 0.15) is 0 Å². The summed E-state index contributed by atoms with van der Waals surface area (Å²) >= 11 is 1.63. The Balaban J connectivity index is 1.57. The molecule has 2 aliphatic rings. The first-order valence-electron chi connectivity index (χ1n) is 10.5. The molecule has 1 heterocycles. The second kappa shape index (κ2) is 9.36. The number of para-hydroxylation sites is 1. The lowest BCUT2D eigenvalue weighted by atomic mass is 9.85. The van der Waals surface area contributed by atoms with Gasteiger partial charge in [0.2, 0.25) is 0 Å². The van der Waals surface area contributed by atoms with Gasteiger partial charge >= 0.3 is 0 Å². The number of hydrogen-bond acceptors (Lipinski definition) is 3. The van der Waals surface area contributed by atoms with Crippen molar-refractivity contribution in [2.24, 2.45) is 5.92 Å². The Hall–Kier alpha value is -2.46. The van der Waals surface area contributed by atoms with Gasteiger partial charge in [0.25, 0.3) is 5.91 Å². The van der Waals surface area contributed by atoms with Gasteiger partial charge in [0.15, 0.2) is 5.50 Å². The molecule has 0 aromatic heterocycles. The molecule has 3 atom stereocenters. The van der Waals surface area contributed by atoms with Gasteiger partial charge in [-0.1, -0.05) is 92.2 Å². The van der Waals surface area contributed by atoms with Crippen LogP contribution in [0.15, 0.2) is 77.7 Å². The maximum absolute atomic E-state index is 13.4. The van der Waals surface area contributed by atoms with E-state index in [1.54, 1.807) is 11.8 Å². The number of benzene rings is 2. The van der Waals surface area contributed by atoms with Crippen molar-refractivity contribution in [3.8, 4) is 0 Å². The van der Waals surface area contributed by atoms with Gasteiger partial charge in [-0.25, -0.2) is 0 Å². The Bertz CT molecular complexity index is 878. The van der Waals surface area contributed by atoms with Gasteiger partial charge in [-0.15, -0.1) is 0 Å². The maximum atomic E-state index is 13.4. The van der Waals surface area contributed by atoms with E-state index in [1.165, 1.54) is 19.3 Å². The van der Waals surface area contributed by atoms with E-state index < -0.39 is 0 Å². The second-order valence-corrected chi connectivity index (χ2v) is 8.94. The molecule has 1 saturated heterocycles. The van der Waals surface area contributed by atoms with E-state index >= 15 is 0 Å². The summed E-state index contributed by atoms with van der Waals surface area (Å²) in [7, 11) is 0. The Kier molecular flexibility index (Phi) is 6.40. The average molecular weight is 405 g/mol. The number of nitrogens with zero attached hydrogens (tertiary/aromatic N) is 1. The number of rotatable bonds is 5. The highest BCUT2D eigenvalue weighted by Crippen LogP contribution is 2.41. The predicted molar refractivity (Wildman–Crippen MR) is 123 cm³/mol. The topological polar surface area (TPSA) is 32.3 Å². The highest BCUT2D eigenvalue weighted by Gasteiger charge is 2.42. The summed E-state index contributed by atoms with van der Waals surface area (Å²) in [5, 5.41) is 3.58. The first-order chi connectivity index (χ1) is 14.2. The molecule has 3 nitrogen and oxygen atoms in total. The molecule has 0 spiro atoms. The van der Waals surface area contributed by atoms with E-state index in [-0.39, 0.29) is 11.4 Å². The fourth-order valence-electron chi connectivity index (χ4n) is 4.19. The average Bonchev–Trinajstić information content (AvgIpc) is 3.05. The molecular formula is C25H28N2OS. The molecule has 1 unspecified atom stereocenters. The van der Waals surface area contributed by atoms with Gasteiger partial charge in [-0.3, -0.25) is 4.79 Å². The smallest absolute Gasteiger partial charge is 0.262 e. The van der Waals surface area contributed by atoms with Crippen LogP contribution in [0.25, 0.3) is 6.08 Å². The normalized spacial score (nSPS) is 26.4. The molecule has 2 aromatic rings. The molecular weight excluding hydrogens is 376 g/mol. The van der Waals surface area contributed by atoms with Gasteiger partial charge in [-0.2, -0.15) is 0 Å². The summed E-state index contributed by atoms with van der Waals surface area (Å²) in [6.45, 7) is 2.29. The number of anilines is 1. The fraction of sp³-hybridized carbons (Fsp3) is 0.320. The molecule has 1 saturated carbocycles. The van der Waals surface area contributed by atoms with Crippen LogP contribution in [0.1, 0.15) is 38.2 Å². The molecule has 1 amide bonds. The van der Waals surface area contributed by atoms with E-state index in [2.05, 4.69) is 41.4 Å². The molecule has 2 fully saturated rings. The van der Waals surface area contributed by atoms with Gasteiger partial charge in [-0.05, 0) is 42.5 Å². The highest BCUT2D eigenvalue weighted by atomic mass is 32.2. The van der Waals surface area contributed by atoms with Crippen LogP contribution in [-0.4, -0.2) is 22.3 Å². The predicted octanol–water partition coefficient (Wildman–Crippen LogP) is 6.13. The van der Waals surface area contributed by atoms with Crippen molar-refractivity contribution in [3.05, 3.63) is 83.3 Å². The fourth-order valence-corrected chi connectivity index (χ4v) is 5.36. The summed E-state index contributed by atoms with van der Waals surface area (Å²) in [5.41, 5.74) is 2.12. The van der Waals surface area contributed by atoms with Crippen molar-refractivity contribution in [2.75, 3.05) is 5.32 Å². The van der Waals surface area contributed by atoms with Crippen LogP contribution in [0.5, 0.6) is 0 Å². The molecule has 4 heteroatoms. The maximum Gasteiger partial charge on any atom is 0.262 e. The number of hydrogen-bond donors (Lipinski definition) is 1. The highest BCUT2D eigenvalue weighted by molar-refractivity contribution is 8.05. The zero-order valence-electron chi connectivity index (χ0n) is 16.8. The molecule has 29 heavy (non-hydrogen) atoms. The molecule has 150 valence electrons. The number of allylic oxidation sites excluding steroid dienone is 2. The Labute approximate surface area is 177 Å².